The standard InChI is InChI=1S/C17H23ClN2O3S/c1-3-4-7-19-9-17(21)20(13-6-5-12(2)14(18)8-13)16-11-24(22,23)10-15(16)19/h5-6,8,15-16H,3-4,7,9-11H2,1-2H3. The van der Waals surface area contributed by atoms with E-state index >= 15 is 0 Å². The zero-order valence-corrected chi connectivity index (χ0v) is 15.6. The third kappa shape index (κ3) is 3.32. The molecule has 132 valence electrons. The highest BCUT2D eigenvalue weighted by molar-refractivity contribution is 7.91. The molecule has 1 amide bonds. The molecule has 0 bridgehead atoms. The van der Waals surface area contributed by atoms with Crippen LogP contribution in [0, 0.1) is 6.92 Å². The van der Waals surface area contributed by atoms with Gasteiger partial charge in [0.05, 0.1) is 24.1 Å². The summed E-state index contributed by atoms with van der Waals surface area (Å²) in [7, 11) is -3.14. The minimum atomic E-state index is -3.14. The van der Waals surface area contributed by atoms with E-state index in [0.717, 1.165) is 24.9 Å². The van der Waals surface area contributed by atoms with E-state index in [9.17, 15) is 13.2 Å². The number of aryl methyl sites for hydroxylation is 1. The smallest absolute Gasteiger partial charge is 0.241 e. The second-order valence-electron chi connectivity index (χ2n) is 6.73. The molecule has 0 radical (unpaired) electrons. The Morgan fingerprint density at radius 1 is 1.25 bits per heavy atom. The number of halogens is 1. The Balaban J connectivity index is 1.95. The van der Waals surface area contributed by atoms with Crippen molar-refractivity contribution in [3.8, 4) is 0 Å². The van der Waals surface area contributed by atoms with Gasteiger partial charge in [-0.05, 0) is 37.6 Å². The largest absolute Gasteiger partial charge is 0.306 e. The minimum Gasteiger partial charge on any atom is -0.306 e. The predicted molar refractivity (Wildman–Crippen MR) is 96.4 cm³/mol. The van der Waals surface area contributed by atoms with E-state index in [1.807, 2.05) is 24.0 Å². The van der Waals surface area contributed by atoms with Crippen LogP contribution in [0.2, 0.25) is 5.02 Å². The van der Waals surface area contributed by atoms with Gasteiger partial charge in [-0.1, -0.05) is 31.0 Å². The number of fused-ring (bicyclic) bond motifs is 1. The number of rotatable bonds is 4. The summed E-state index contributed by atoms with van der Waals surface area (Å²) >= 11 is 6.21. The monoisotopic (exact) mass is 370 g/mol. The van der Waals surface area contributed by atoms with E-state index in [4.69, 9.17) is 11.6 Å². The number of unbranched alkanes of at least 4 members (excludes halogenated alkanes) is 1. The van der Waals surface area contributed by atoms with Crippen molar-refractivity contribution in [3.05, 3.63) is 28.8 Å². The van der Waals surface area contributed by atoms with Gasteiger partial charge in [0.2, 0.25) is 5.91 Å². The topological polar surface area (TPSA) is 57.7 Å². The van der Waals surface area contributed by atoms with E-state index < -0.39 is 9.84 Å². The van der Waals surface area contributed by atoms with Crippen LogP contribution in [0.25, 0.3) is 0 Å². The highest BCUT2D eigenvalue weighted by Crippen LogP contribution is 2.33. The Labute approximate surface area is 148 Å². The van der Waals surface area contributed by atoms with E-state index in [2.05, 4.69) is 6.92 Å². The summed E-state index contributed by atoms with van der Waals surface area (Å²) < 4.78 is 24.5. The summed E-state index contributed by atoms with van der Waals surface area (Å²) in [6, 6.07) is 5.03. The molecule has 0 N–H and O–H groups in total. The van der Waals surface area contributed by atoms with Gasteiger partial charge < -0.3 is 4.90 Å². The van der Waals surface area contributed by atoms with Crippen LogP contribution < -0.4 is 4.90 Å². The molecule has 0 saturated carbocycles. The highest BCUT2D eigenvalue weighted by atomic mass is 35.5. The molecule has 2 unspecified atom stereocenters. The van der Waals surface area contributed by atoms with E-state index in [0.29, 0.717) is 10.7 Å². The molecule has 0 aromatic heterocycles. The number of amides is 1. The Morgan fingerprint density at radius 3 is 2.62 bits per heavy atom. The molecule has 2 saturated heterocycles. The molecule has 0 spiro atoms. The van der Waals surface area contributed by atoms with Crippen LogP contribution in [0.1, 0.15) is 25.3 Å². The molecule has 7 heteroatoms. The van der Waals surface area contributed by atoms with E-state index in [-0.39, 0.29) is 36.0 Å². The van der Waals surface area contributed by atoms with Gasteiger partial charge in [-0.3, -0.25) is 9.69 Å². The number of anilines is 1. The number of carbonyl (C=O) groups is 1. The van der Waals surface area contributed by atoms with Crippen LogP contribution in [0.5, 0.6) is 0 Å². The maximum Gasteiger partial charge on any atom is 0.241 e. The normalized spacial score (nSPS) is 26.6. The second-order valence-corrected chi connectivity index (χ2v) is 9.29. The summed E-state index contributed by atoms with van der Waals surface area (Å²) in [5, 5.41) is 0.589. The zero-order valence-electron chi connectivity index (χ0n) is 14.0. The lowest BCUT2D eigenvalue weighted by Gasteiger charge is -2.43. The predicted octanol–water partition coefficient (Wildman–Crippen LogP) is 2.26. The second kappa shape index (κ2) is 6.65. The van der Waals surface area contributed by atoms with Crippen molar-refractivity contribution in [1.29, 1.82) is 0 Å². The van der Waals surface area contributed by atoms with Crippen molar-refractivity contribution < 1.29 is 13.2 Å². The molecule has 0 aliphatic carbocycles. The summed E-state index contributed by atoms with van der Waals surface area (Å²) in [6.07, 6.45) is 1.99. The number of sulfone groups is 1. The minimum absolute atomic E-state index is 0.0253. The highest BCUT2D eigenvalue weighted by Gasteiger charge is 2.49. The number of benzene rings is 1. The van der Waals surface area contributed by atoms with Crippen LogP contribution in [0.4, 0.5) is 5.69 Å². The third-order valence-corrected chi connectivity index (χ3v) is 7.04. The molecule has 3 rings (SSSR count). The maximum atomic E-state index is 12.8. The number of nitrogens with zero attached hydrogens (tertiary/aromatic N) is 2. The number of carbonyl (C=O) groups excluding carboxylic acids is 1. The molecule has 1 aromatic rings. The van der Waals surface area contributed by atoms with Gasteiger partial charge in [-0.15, -0.1) is 0 Å². The van der Waals surface area contributed by atoms with Crippen molar-refractivity contribution in [2.45, 2.75) is 38.8 Å². The Kier molecular flexibility index (Phi) is 4.91. The fourth-order valence-electron chi connectivity index (χ4n) is 3.63. The summed E-state index contributed by atoms with van der Waals surface area (Å²) in [5.74, 6) is 0.104. The van der Waals surface area contributed by atoms with Crippen LogP contribution in [-0.2, 0) is 14.6 Å². The summed E-state index contributed by atoms with van der Waals surface area (Å²) in [5.41, 5.74) is 1.63. The van der Waals surface area contributed by atoms with Gasteiger partial charge in [-0.2, -0.15) is 0 Å². The van der Waals surface area contributed by atoms with Gasteiger partial charge in [-0.25, -0.2) is 8.42 Å². The van der Waals surface area contributed by atoms with Gasteiger partial charge in [0.1, 0.15) is 0 Å². The Bertz CT molecular complexity index is 750. The lowest BCUT2D eigenvalue weighted by atomic mass is 10.0. The maximum absolute atomic E-state index is 12.8. The molecule has 24 heavy (non-hydrogen) atoms. The average Bonchev–Trinajstić information content (AvgIpc) is 2.83. The summed E-state index contributed by atoms with van der Waals surface area (Å²) in [4.78, 5) is 16.5. The number of piperazine rings is 1. The zero-order chi connectivity index (χ0) is 17.5. The van der Waals surface area contributed by atoms with Crippen molar-refractivity contribution in [3.63, 3.8) is 0 Å². The van der Waals surface area contributed by atoms with Gasteiger partial charge >= 0.3 is 0 Å². The van der Waals surface area contributed by atoms with Crippen molar-refractivity contribution in [1.82, 2.24) is 4.90 Å². The van der Waals surface area contributed by atoms with Crippen molar-refractivity contribution in [2.24, 2.45) is 0 Å². The molecular weight excluding hydrogens is 348 g/mol. The van der Waals surface area contributed by atoms with Crippen LogP contribution >= 0.6 is 11.6 Å². The third-order valence-electron chi connectivity index (χ3n) is 4.93. The quantitative estimate of drug-likeness (QED) is 0.815. The molecule has 2 fully saturated rings. The first-order valence-electron chi connectivity index (χ1n) is 8.35. The Hall–Kier alpha value is -1.11. The molecule has 2 aliphatic heterocycles. The first-order chi connectivity index (χ1) is 11.3. The first-order valence-corrected chi connectivity index (χ1v) is 10.5. The molecule has 2 atom stereocenters. The van der Waals surface area contributed by atoms with Crippen molar-refractivity contribution in [2.75, 3.05) is 29.5 Å². The molecular formula is C17H23ClN2O3S. The summed E-state index contributed by atoms with van der Waals surface area (Å²) in [6.45, 7) is 5.03. The molecule has 2 heterocycles. The van der Waals surface area contributed by atoms with E-state index in [1.165, 1.54) is 0 Å². The number of hydrogen-bond acceptors (Lipinski definition) is 4. The van der Waals surface area contributed by atoms with Crippen LogP contribution in [0.15, 0.2) is 18.2 Å². The van der Waals surface area contributed by atoms with Crippen LogP contribution in [0.3, 0.4) is 0 Å². The van der Waals surface area contributed by atoms with Crippen molar-refractivity contribution >= 4 is 33.0 Å². The van der Waals surface area contributed by atoms with E-state index in [1.54, 1.807) is 11.0 Å². The number of hydrogen-bond donors (Lipinski definition) is 0. The lowest BCUT2D eigenvalue weighted by molar-refractivity contribution is -0.123. The first kappa shape index (κ1) is 17.7. The fourth-order valence-corrected chi connectivity index (χ4v) is 5.79. The fraction of sp³-hybridized carbons (Fsp3) is 0.588. The molecule has 2 aliphatic rings. The van der Waals surface area contributed by atoms with Crippen LogP contribution in [-0.4, -0.2) is 55.9 Å². The lowest BCUT2D eigenvalue weighted by Crippen LogP contribution is -2.62. The van der Waals surface area contributed by atoms with Gasteiger partial charge in [0.15, 0.2) is 9.84 Å². The SMILES string of the molecule is CCCCN1CC(=O)N(c2ccc(C)c(Cl)c2)C2CS(=O)(=O)CC21. The average molecular weight is 371 g/mol. The van der Waals surface area contributed by atoms with Gasteiger partial charge in [0.25, 0.3) is 0 Å². The Morgan fingerprint density at radius 2 is 1.96 bits per heavy atom. The molecule has 1 aromatic carbocycles. The molecule has 5 nitrogen and oxygen atoms in total. The van der Waals surface area contributed by atoms with Gasteiger partial charge in [0, 0.05) is 16.8 Å².